The van der Waals surface area contributed by atoms with Crippen LogP contribution in [0.3, 0.4) is 0 Å². The number of methoxy groups -OCH3 is 1. The Hall–Kier alpha value is -2.15. The van der Waals surface area contributed by atoms with Crippen molar-refractivity contribution in [2.24, 2.45) is 5.92 Å². The van der Waals surface area contributed by atoms with Crippen molar-refractivity contribution in [3.05, 3.63) is 30.1 Å². The maximum atomic E-state index is 13.1. The third-order valence-corrected chi connectivity index (χ3v) is 5.34. The van der Waals surface area contributed by atoms with Crippen LogP contribution in [0.1, 0.15) is 39.3 Å². The van der Waals surface area contributed by atoms with Gasteiger partial charge in [-0.3, -0.25) is 4.98 Å². The number of likely N-dealkylation sites (N-methyl/N-ethyl adjacent to an activating group) is 1. The molecular weight excluding hydrogens is 334 g/mol. The summed E-state index contributed by atoms with van der Waals surface area (Å²) in [6.45, 7) is 6.11. The van der Waals surface area contributed by atoms with E-state index in [-0.39, 0.29) is 18.0 Å². The first-order valence-electron chi connectivity index (χ1n) is 8.97. The van der Waals surface area contributed by atoms with Gasteiger partial charge in [0.05, 0.1) is 11.7 Å². The Labute approximate surface area is 155 Å². The van der Waals surface area contributed by atoms with Gasteiger partial charge >= 0.3 is 12.0 Å². The fourth-order valence-corrected chi connectivity index (χ4v) is 3.86. The van der Waals surface area contributed by atoms with Crippen LogP contribution in [0.4, 0.5) is 4.79 Å². The number of nitrogens with zero attached hydrogens (tertiary/aromatic N) is 3. The number of pyridine rings is 1. The Morgan fingerprint density at radius 2 is 2.12 bits per heavy atom. The van der Waals surface area contributed by atoms with E-state index in [1.165, 1.54) is 4.90 Å². The fourth-order valence-electron chi connectivity index (χ4n) is 3.86. The van der Waals surface area contributed by atoms with Gasteiger partial charge in [0.25, 0.3) is 0 Å². The van der Waals surface area contributed by atoms with E-state index in [2.05, 4.69) is 4.98 Å². The molecule has 1 aromatic heterocycles. The minimum absolute atomic E-state index is 0.188. The molecule has 1 aliphatic rings. The molecular formula is C19H29N3O4. The van der Waals surface area contributed by atoms with E-state index in [1.807, 2.05) is 25.1 Å². The molecule has 2 heterocycles. The standard InChI is InChI=1S/C19H29N3O4/c1-13(2)16(17(23)24)21(4)18(25)22-12-8-10-15(22)19(3,26-5)14-9-6-7-11-20-14/h6-7,9,11,13,15-16H,8,10,12H2,1-5H3,(H,23,24)/t15-,16+,19?/m1/s1. The summed E-state index contributed by atoms with van der Waals surface area (Å²) in [5.41, 5.74) is -0.00125. The number of aliphatic carboxylic acids is 1. The van der Waals surface area contributed by atoms with E-state index < -0.39 is 17.6 Å². The average molecular weight is 363 g/mol. The Balaban J connectivity index is 2.31. The second kappa shape index (κ2) is 8.03. The van der Waals surface area contributed by atoms with Gasteiger partial charge in [-0.2, -0.15) is 0 Å². The van der Waals surface area contributed by atoms with Crippen molar-refractivity contribution in [2.75, 3.05) is 20.7 Å². The predicted octanol–water partition coefficient (Wildman–Crippen LogP) is 2.57. The van der Waals surface area contributed by atoms with Crippen LogP contribution in [-0.2, 0) is 15.1 Å². The van der Waals surface area contributed by atoms with E-state index in [0.29, 0.717) is 6.54 Å². The monoisotopic (exact) mass is 363 g/mol. The number of carboxylic acid groups (broad SMARTS) is 1. The lowest BCUT2D eigenvalue weighted by Gasteiger charge is -2.41. The van der Waals surface area contributed by atoms with Gasteiger partial charge in [-0.15, -0.1) is 0 Å². The molecule has 1 fully saturated rings. The number of ether oxygens (including phenoxy) is 1. The summed E-state index contributed by atoms with van der Waals surface area (Å²) in [5, 5.41) is 9.51. The molecule has 2 amide bonds. The maximum Gasteiger partial charge on any atom is 0.326 e. The van der Waals surface area contributed by atoms with Crippen molar-refractivity contribution in [3.63, 3.8) is 0 Å². The Kier molecular flexibility index (Phi) is 6.23. The third kappa shape index (κ3) is 3.67. The van der Waals surface area contributed by atoms with Crippen LogP contribution < -0.4 is 0 Å². The van der Waals surface area contributed by atoms with Crippen molar-refractivity contribution < 1.29 is 19.4 Å². The first kappa shape index (κ1) is 20.2. The minimum atomic E-state index is -0.995. The Bertz CT molecular complexity index is 637. The normalized spacial score (nSPS) is 20.7. The molecule has 1 unspecified atom stereocenters. The summed E-state index contributed by atoms with van der Waals surface area (Å²) in [6, 6.07) is 4.26. The number of hydrogen-bond acceptors (Lipinski definition) is 4. The topological polar surface area (TPSA) is 83.0 Å². The molecule has 0 aliphatic carbocycles. The number of carbonyl (C=O) groups excluding carboxylic acids is 1. The SMILES string of the molecule is COC(C)(c1ccccn1)[C@H]1CCCN1C(=O)N(C)[C@H](C(=O)O)C(C)C. The second-order valence-electron chi connectivity index (χ2n) is 7.30. The zero-order valence-corrected chi connectivity index (χ0v) is 16.2. The van der Waals surface area contributed by atoms with Crippen molar-refractivity contribution in [2.45, 2.75) is 51.3 Å². The van der Waals surface area contributed by atoms with Crippen molar-refractivity contribution in [1.82, 2.24) is 14.8 Å². The molecule has 1 aliphatic heterocycles. The lowest BCUT2D eigenvalue weighted by Crippen LogP contribution is -2.56. The molecule has 0 bridgehead atoms. The highest BCUT2D eigenvalue weighted by Crippen LogP contribution is 2.37. The molecule has 144 valence electrons. The van der Waals surface area contributed by atoms with Crippen LogP contribution in [0.25, 0.3) is 0 Å². The number of amides is 2. The van der Waals surface area contributed by atoms with Gasteiger partial charge in [0.2, 0.25) is 0 Å². The van der Waals surface area contributed by atoms with E-state index in [4.69, 9.17) is 4.74 Å². The Morgan fingerprint density at radius 1 is 1.42 bits per heavy atom. The van der Waals surface area contributed by atoms with Crippen LogP contribution >= 0.6 is 0 Å². The highest BCUT2D eigenvalue weighted by Gasteiger charge is 2.47. The number of hydrogen-bond donors (Lipinski definition) is 1. The number of carboxylic acids is 1. The maximum absolute atomic E-state index is 13.1. The lowest BCUT2D eigenvalue weighted by molar-refractivity contribution is -0.143. The summed E-state index contributed by atoms with van der Waals surface area (Å²) in [6.07, 6.45) is 3.33. The van der Waals surface area contributed by atoms with Crippen molar-refractivity contribution in [3.8, 4) is 0 Å². The molecule has 0 radical (unpaired) electrons. The largest absolute Gasteiger partial charge is 0.480 e. The lowest BCUT2D eigenvalue weighted by atomic mass is 9.90. The van der Waals surface area contributed by atoms with Crippen molar-refractivity contribution in [1.29, 1.82) is 0 Å². The van der Waals surface area contributed by atoms with Crippen LogP contribution in [0.5, 0.6) is 0 Å². The molecule has 1 aromatic rings. The molecule has 0 aromatic carbocycles. The zero-order chi connectivity index (χ0) is 19.5. The van der Waals surface area contributed by atoms with Crippen LogP contribution in [0.15, 0.2) is 24.4 Å². The zero-order valence-electron chi connectivity index (χ0n) is 16.2. The first-order valence-corrected chi connectivity index (χ1v) is 8.97. The Morgan fingerprint density at radius 3 is 2.62 bits per heavy atom. The van der Waals surface area contributed by atoms with Gasteiger partial charge in [-0.25, -0.2) is 9.59 Å². The number of carbonyl (C=O) groups is 2. The van der Waals surface area contributed by atoms with Crippen molar-refractivity contribution >= 4 is 12.0 Å². The molecule has 7 heteroatoms. The van der Waals surface area contributed by atoms with Gasteiger partial charge in [0, 0.05) is 26.9 Å². The quantitative estimate of drug-likeness (QED) is 0.840. The van der Waals surface area contributed by atoms with Gasteiger partial charge in [0.15, 0.2) is 0 Å². The van der Waals surface area contributed by atoms with Gasteiger partial charge in [-0.1, -0.05) is 19.9 Å². The van der Waals surface area contributed by atoms with E-state index >= 15 is 0 Å². The van der Waals surface area contributed by atoms with Gasteiger partial charge in [-0.05, 0) is 37.8 Å². The summed E-state index contributed by atoms with van der Waals surface area (Å²) in [7, 11) is 3.18. The molecule has 0 saturated carbocycles. The molecule has 2 rings (SSSR count). The number of likely N-dealkylation sites (tertiary alicyclic amines) is 1. The summed E-state index contributed by atoms with van der Waals surface area (Å²) in [5.74, 6) is -1.18. The third-order valence-electron chi connectivity index (χ3n) is 5.34. The highest BCUT2D eigenvalue weighted by molar-refractivity contribution is 5.83. The summed E-state index contributed by atoms with van der Waals surface area (Å²) in [4.78, 5) is 32.2. The second-order valence-corrected chi connectivity index (χ2v) is 7.30. The summed E-state index contributed by atoms with van der Waals surface area (Å²) < 4.78 is 5.83. The molecule has 26 heavy (non-hydrogen) atoms. The van der Waals surface area contributed by atoms with E-state index in [9.17, 15) is 14.7 Å². The summed E-state index contributed by atoms with van der Waals surface area (Å²) >= 11 is 0. The number of rotatable bonds is 6. The highest BCUT2D eigenvalue weighted by atomic mass is 16.5. The van der Waals surface area contributed by atoms with E-state index in [1.54, 1.807) is 39.1 Å². The molecule has 7 nitrogen and oxygen atoms in total. The first-order chi connectivity index (χ1) is 12.2. The number of urea groups is 1. The van der Waals surface area contributed by atoms with Crippen LogP contribution in [0.2, 0.25) is 0 Å². The predicted molar refractivity (Wildman–Crippen MR) is 97.7 cm³/mol. The number of aromatic nitrogens is 1. The average Bonchev–Trinajstić information content (AvgIpc) is 3.10. The van der Waals surface area contributed by atoms with Gasteiger partial charge < -0.3 is 19.6 Å². The van der Waals surface area contributed by atoms with E-state index in [0.717, 1.165) is 18.5 Å². The molecule has 3 atom stereocenters. The van der Waals surface area contributed by atoms with Gasteiger partial charge in [0.1, 0.15) is 11.6 Å². The van der Waals surface area contributed by atoms with Crippen LogP contribution in [-0.4, -0.2) is 64.7 Å². The minimum Gasteiger partial charge on any atom is -0.480 e. The smallest absolute Gasteiger partial charge is 0.326 e. The molecule has 0 spiro atoms. The molecule has 1 N–H and O–H groups in total. The molecule has 1 saturated heterocycles. The van der Waals surface area contributed by atoms with Crippen LogP contribution in [0, 0.1) is 5.92 Å². The fraction of sp³-hybridized carbons (Fsp3) is 0.632.